The van der Waals surface area contributed by atoms with Gasteiger partial charge in [0.15, 0.2) is 0 Å². The second-order valence-corrected chi connectivity index (χ2v) is 15.0. The fourth-order valence-corrected chi connectivity index (χ4v) is 8.88. The van der Waals surface area contributed by atoms with Crippen LogP contribution in [0.15, 0.2) is 127 Å². The van der Waals surface area contributed by atoms with E-state index in [-0.39, 0.29) is 5.41 Å². The van der Waals surface area contributed by atoms with E-state index in [1.807, 2.05) is 11.3 Å². The summed E-state index contributed by atoms with van der Waals surface area (Å²) >= 11 is 1.90. The third-order valence-corrected chi connectivity index (χ3v) is 11.2. The molecule has 0 amide bonds. The molecule has 1 heterocycles. The standard InChI is InChI=1S/C44H41NS/c1-44(2,3)32-26-28-33(29-27-32)45(40-24-13-22-38-36-19-8-10-25-41(36)46-43(38)40)39-23-9-7-18-35(39)37-21-12-17-31-16-11-20-34(42(31)37)30-14-5-4-6-15-30/h7-13,16-30H,4-6,14-15H2,1-3H3. The maximum absolute atomic E-state index is 2.52. The van der Waals surface area contributed by atoms with E-state index in [1.165, 1.54) is 102 Å². The van der Waals surface area contributed by atoms with Crippen molar-refractivity contribution in [2.24, 2.45) is 0 Å². The first-order chi connectivity index (χ1) is 22.5. The molecule has 2 heteroatoms. The summed E-state index contributed by atoms with van der Waals surface area (Å²) in [5.74, 6) is 0.624. The van der Waals surface area contributed by atoms with Crippen molar-refractivity contribution in [3.63, 3.8) is 0 Å². The Bertz CT molecular complexity index is 2170. The van der Waals surface area contributed by atoms with Crippen molar-refractivity contribution in [1.82, 2.24) is 0 Å². The van der Waals surface area contributed by atoms with E-state index < -0.39 is 0 Å². The number of hydrogen-bond acceptors (Lipinski definition) is 2. The molecular formula is C44H41NS. The van der Waals surface area contributed by atoms with Gasteiger partial charge in [0.2, 0.25) is 0 Å². The predicted octanol–water partition coefficient (Wildman–Crippen LogP) is 13.7. The number of benzene rings is 6. The fourth-order valence-electron chi connectivity index (χ4n) is 7.67. The summed E-state index contributed by atoms with van der Waals surface area (Å²) in [6.45, 7) is 6.87. The van der Waals surface area contributed by atoms with Crippen LogP contribution in [0.2, 0.25) is 0 Å². The van der Waals surface area contributed by atoms with Gasteiger partial charge in [-0.25, -0.2) is 0 Å². The molecular weight excluding hydrogens is 575 g/mol. The van der Waals surface area contributed by atoms with Crippen molar-refractivity contribution in [3.8, 4) is 11.1 Å². The normalized spacial score (nSPS) is 14.3. The van der Waals surface area contributed by atoms with E-state index in [2.05, 4.69) is 153 Å². The largest absolute Gasteiger partial charge is 0.308 e. The van der Waals surface area contributed by atoms with Gasteiger partial charge in [-0.15, -0.1) is 11.3 Å². The third-order valence-electron chi connectivity index (χ3n) is 10.0. The summed E-state index contributed by atoms with van der Waals surface area (Å²) < 4.78 is 2.65. The zero-order valence-corrected chi connectivity index (χ0v) is 27.9. The topological polar surface area (TPSA) is 3.24 Å². The van der Waals surface area contributed by atoms with Crippen molar-refractivity contribution >= 4 is 59.3 Å². The van der Waals surface area contributed by atoms with Gasteiger partial charge < -0.3 is 4.90 Å². The van der Waals surface area contributed by atoms with E-state index >= 15 is 0 Å². The zero-order chi connectivity index (χ0) is 31.3. The average Bonchev–Trinajstić information content (AvgIpc) is 3.48. The number of anilines is 3. The number of hydrogen-bond donors (Lipinski definition) is 0. The lowest BCUT2D eigenvalue weighted by Gasteiger charge is -2.30. The number of fused-ring (bicyclic) bond motifs is 4. The Morgan fingerprint density at radius 3 is 2.04 bits per heavy atom. The smallest absolute Gasteiger partial charge is 0.0640 e. The lowest BCUT2D eigenvalue weighted by molar-refractivity contribution is 0.445. The highest BCUT2D eigenvalue weighted by Crippen LogP contribution is 2.49. The van der Waals surface area contributed by atoms with E-state index in [0.29, 0.717) is 5.92 Å². The first-order valence-corrected chi connectivity index (χ1v) is 17.7. The molecule has 7 aromatic rings. The summed E-state index contributed by atoms with van der Waals surface area (Å²) in [5.41, 5.74) is 9.17. The van der Waals surface area contributed by atoms with Crippen LogP contribution >= 0.6 is 11.3 Å². The second-order valence-electron chi connectivity index (χ2n) is 14.0. The third kappa shape index (κ3) is 5.10. The Morgan fingerprint density at radius 2 is 1.24 bits per heavy atom. The molecule has 228 valence electrons. The van der Waals surface area contributed by atoms with Crippen molar-refractivity contribution in [3.05, 3.63) is 139 Å². The van der Waals surface area contributed by atoms with Gasteiger partial charge in [0.05, 0.1) is 16.1 Å². The molecule has 1 aliphatic carbocycles. The van der Waals surface area contributed by atoms with E-state index in [4.69, 9.17) is 0 Å². The predicted molar refractivity (Wildman–Crippen MR) is 201 cm³/mol. The molecule has 0 aliphatic heterocycles. The van der Waals surface area contributed by atoms with Crippen molar-refractivity contribution < 1.29 is 0 Å². The van der Waals surface area contributed by atoms with Crippen LogP contribution in [-0.2, 0) is 5.41 Å². The molecule has 0 spiro atoms. The van der Waals surface area contributed by atoms with Crippen LogP contribution in [0, 0.1) is 0 Å². The molecule has 0 atom stereocenters. The minimum absolute atomic E-state index is 0.0885. The van der Waals surface area contributed by atoms with Gasteiger partial charge in [-0.1, -0.05) is 137 Å². The highest BCUT2D eigenvalue weighted by Gasteiger charge is 2.24. The monoisotopic (exact) mass is 615 g/mol. The van der Waals surface area contributed by atoms with Crippen LogP contribution in [0.25, 0.3) is 42.1 Å². The summed E-state index contributed by atoms with van der Waals surface area (Å²) in [6.07, 6.45) is 6.60. The van der Waals surface area contributed by atoms with Gasteiger partial charge in [0.25, 0.3) is 0 Å². The molecule has 0 unspecified atom stereocenters. The minimum Gasteiger partial charge on any atom is -0.308 e. The Hall–Kier alpha value is -4.40. The zero-order valence-electron chi connectivity index (χ0n) is 27.1. The highest BCUT2D eigenvalue weighted by molar-refractivity contribution is 7.26. The summed E-state index contributed by atoms with van der Waals surface area (Å²) in [5, 5.41) is 5.40. The van der Waals surface area contributed by atoms with Gasteiger partial charge in [-0.05, 0) is 82.0 Å². The molecule has 1 aromatic heterocycles. The van der Waals surface area contributed by atoms with Crippen LogP contribution in [0.3, 0.4) is 0 Å². The van der Waals surface area contributed by atoms with Crippen molar-refractivity contribution in [2.75, 3.05) is 4.90 Å². The quantitative estimate of drug-likeness (QED) is 0.186. The molecule has 0 radical (unpaired) electrons. The molecule has 0 saturated heterocycles. The first kappa shape index (κ1) is 29.0. The second kappa shape index (κ2) is 11.8. The van der Waals surface area contributed by atoms with Gasteiger partial charge in [-0.2, -0.15) is 0 Å². The lowest BCUT2D eigenvalue weighted by Crippen LogP contribution is -2.14. The minimum atomic E-state index is 0.0885. The summed E-state index contributed by atoms with van der Waals surface area (Å²) in [7, 11) is 0. The molecule has 1 saturated carbocycles. The Morgan fingerprint density at radius 1 is 0.587 bits per heavy atom. The Balaban J connectivity index is 1.39. The highest BCUT2D eigenvalue weighted by atomic mass is 32.1. The molecule has 8 rings (SSSR count). The van der Waals surface area contributed by atoms with E-state index in [0.717, 1.165) is 0 Å². The average molecular weight is 616 g/mol. The molecule has 0 bridgehead atoms. The molecule has 6 aromatic carbocycles. The van der Waals surface area contributed by atoms with Crippen LogP contribution in [0.5, 0.6) is 0 Å². The van der Waals surface area contributed by atoms with Gasteiger partial charge in [0.1, 0.15) is 0 Å². The lowest BCUT2D eigenvalue weighted by atomic mass is 9.80. The Kier molecular flexibility index (Phi) is 7.42. The fraction of sp³-hybridized carbons (Fsp3) is 0.227. The Labute approximate surface area is 277 Å². The van der Waals surface area contributed by atoms with Crippen molar-refractivity contribution in [2.45, 2.75) is 64.2 Å². The molecule has 1 aliphatic rings. The molecule has 0 N–H and O–H groups in total. The number of nitrogens with zero attached hydrogens (tertiary/aromatic N) is 1. The SMILES string of the molecule is CC(C)(C)c1ccc(N(c2ccccc2-c2cccc3cccc(C4CCCCC4)c23)c2cccc3c2sc2ccccc23)cc1. The maximum Gasteiger partial charge on any atom is 0.0640 e. The van der Waals surface area contributed by atoms with Crippen LogP contribution < -0.4 is 4.90 Å². The molecule has 1 nitrogen and oxygen atoms in total. The molecule has 1 fully saturated rings. The van der Waals surface area contributed by atoms with E-state index in [1.54, 1.807) is 0 Å². The van der Waals surface area contributed by atoms with Crippen molar-refractivity contribution in [1.29, 1.82) is 0 Å². The first-order valence-electron chi connectivity index (χ1n) is 16.9. The summed E-state index contributed by atoms with van der Waals surface area (Å²) in [4.78, 5) is 2.52. The number of rotatable bonds is 5. The van der Waals surface area contributed by atoms with Crippen LogP contribution in [0.1, 0.15) is 69.9 Å². The number of thiophene rings is 1. The van der Waals surface area contributed by atoms with Gasteiger partial charge >= 0.3 is 0 Å². The van der Waals surface area contributed by atoms with Gasteiger partial charge in [-0.3, -0.25) is 0 Å². The maximum atomic E-state index is 2.52. The van der Waals surface area contributed by atoms with Crippen LogP contribution in [0.4, 0.5) is 17.1 Å². The number of para-hydroxylation sites is 1. The van der Waals surface area contributed by atoms with Crippen LogP contribution in [-0.4, -0.2) is 0 Å². The molecule has 46 heavy (non-hydrogen) atoms. The van der Waals surface area contributed by atoms with Gasteiger partial charge in [0, 0.05) is 26.7 Å². The summed E-state index contributed by atoms with van der Waals surface area (Å²) in [6, 6.07) is 47.9. The van der Waals surface area contributed by atoms with E-state index in [9.17, 15) is 0 Å².